The smallest absolute Gasteiger partial charge is 0.158 e. The van der Waals surface area contributed by atoms with Crippen LogP contribution in [-0.4, -0.2) is 15.4 Å². The van der Waals surface area contributed by atoms with Crippen LogP contribution in [0.5, 0.6) is 0 Å². The summed E-state index contributed by atoms with van der Waals surface area (Å²) in [5.74, 6) is 1.21. The van der Waals surface area contributed by atoms with Gasteiger partial charge in [0.15, 0.2) is 17.2 Å². The molecule has 4 rings (SSSR count). The third-order valence-electron chi connectivity index (χ3n) is 2.81. The second-order valence-corrected chi connectivity index (χ2v) is 3.93. The van der Waals surface area contributed by atoms with Gasteiger partial charge in [-0.15, -0.1) is 10.2 Å². The topological polar surface area (TPSA) is 78.1 Å². The van der Waals surface area contributed by atoms with E-state index in [-0.39, 0.29) is 0 Å². The maximum absolute atomic E-state index is 5.33. The molecule has 6 nitrogen and oxygen atoms in total. The third kappa shape index (κ3) is 1.46. The van der Waals surface area contributed by atoms with Crippen molar-refractivity contribution in [1.82, 2.24) is 15.4 Å². The van der Waals surface area contributed by atoms with Crippen molar-refractivity contribution in [2.24, 2.45) is 0 Å². The van der Waals surface area contributed by atoms with Gasteiger partial charge in [0.1, 0.15) is 17.5 Å². The van der Waals surface area contributed by atoms with Crippen LogP contribution in [0.4, 0.5) is 0 Å². The number of fused-ring (bicyclic) bond motifs is 1. The summed E-state index contributed by atoms with van der Waals surface area (Å²) in [5, 5.41) is 13.0. The normalized spacial score (nSPS) is 11.2. The summed E-state index contributed by atoms with van der Waals surface area (Å²) >= 11 is 0. The van der Waals surface area contributed by atoms with E-state index < -0.39 is 0 Å². The molecule has 19 heavy (non-hydrogen) atoms. The second kappa shape index (κ2) is 3.81. The van der Waals surface area contributed by atoms with Gasteiger partial charge in [-0.05, 0) is 24.3 Å². The van der Waals surface area contributed by atoms with E-state index in [1.165, 1.54) is 6.26 Å². The molecule has 4 heterocycles. The van der Waals surface area contributed by atoms with Crippen LogP contribution >= 0.6 is 0 Å². The van der Waals surface area contributed by atoms with Gasteiger partial charge in [0.05, 0.1) is 17.9 Å². The second-order valence-electron chi connectivity index (χ2n) is 3.93. The lowest BCUT2D eigenvalue weighted by Crippen LogP contribution is -1.92. The molecule has 0 saturated carbocycles. The van der Waals surface area contributed by atoms with E-state index in [0.717, 1.165) is 5.39 Å². The van der Waals surface area contributed by atoms with Gasteiger partial charge in [-0.3, -0.25) is 0 Å². The van der Waals surface area contributed by atoms with Gasteiger partial charge in [0.2, 0.25) is 0 Å². The molecule has 0 aromatic carbocycles. The maximum Gasteiger partial charge on any atom is 0.158 e. The Bertz CT molecular complexity index is 748. The molecule has 4 aromatic rings. The molecule has 0 radical (unpaired) electrons. The van der Waals surface area contributed by atoms with Crippen LogP contribution in [0.15, 0.2) is 56.4 Å². The van der Waals surface area contributed by atoms with Crippen LogP contribution in [-0.2, 0) is 0 Å². The summed E-state index contributed by atoms with van der Waals surface area (Å²) in [7, 11) is 0. The molecule has 0 atom stereocenters. The average Bonchev–Trinajstić information content (AvgIpc) is 3.19. The van der Waals surface area contributed by atoms with Gasteiger partial charge >= 0.3 is 0 Å². The third-order valence-corrected chi connectivity index (χ3v) is 2.81. The molecule has 0 aliphatic carbocycles. The van der Waals surface area contributed by atoms with Crippen LogP contribution in [0.2, 0.25) is 0 Å². The van der Waals surface area contributed by atoms with Crippen molar-refractivity contribution in [3.05, 3.63) is 43.1 Å². The molecule has 0 saturated heterocycles. The number of nitrogens with zero attached hydrogens (tertiary/aromatic N) is 3. The minimum Gasteiger partial charge on any atom is -0.463 e. The van der Waals surface area contributed by atoms with Crippen LogP contribution in [0, 0.1) is 0 Å². The first kappa shape index (κ1) is 10.1. The summed E-state index contributed by atoms with van der Waals surface area (Å²) in [6.07, 6.45) is 4.68. The van der Waals surface area contributed by atoms with Gasteiger partial charge in [-0.25, -0.2) is 0 Å². The molecular formula is C13H7N3O3. The highest BCUT2D eigenvalue weighted by Gasteiger charge is 2.18. The Morgan fingerprint density at radius 1 is 0.842 bits per heavy atom. The molecule has 0 unspecified atom stereocenters. The Kier molecular flexibility index (Phi) is 2.02. The van der Waals surface area contributed by atoms with Crippen LogP contribution in [0.1, 0.15) is 0 Å². The van der Waals surface area contributed by atoms with E-state index in [1.54, 1.807) is 30.7 Å². The van der Waals surface area contributed by atoms with Gasteiger partial charge in [0.25, 0.3) is 0 Å². The summed E-state index contributed by atoms with van der Waals surface area (Å²) < 4.78 is 15.7. The quantitative estimate of drug-likeness (QED) is 0.546. The van der Waals surface area contributed by atoms with E-state index in [1.807, 2.05) is 6.07 Å². The van der Waals surface area contributed by atoms with E-state index >= 15 is 0 Å². The lowest BCUT2D eigenvalue weighted by molar-refractivity contribution is 0.428. The fourth-order valence-corrected chi connectivity index (χ4v) is 1.95. The highest BCUT2D eigenvalue weighted by Crippen LogP contribution is 2.31. The number of hydrogen-bond acceptors (Lipinski definition) is 6. The number of aromatic nitrogens is 3. The molecule has 0 N–H and O–H groups in total. The van der Waals surface area contributed by atoms with Crippen molar-refractivity contribution in [3.63, 3.8) is 0 Å². The molecule has 0 amide bonds. The van der Waals surface area contributed by atoms with Gasteiger partial charge < -0.3 is 13.4 Å². The minimum atomic E-state index is 0.545. The molecule has 0 aliphatic heterocycles. The zero-order chi connectivity index (χ0) is 12.7. The van der Waals surface area contributed by atoms with Crippen LogP contribution in [0.25, 0.3) is 33.8 Å². The Morgan fingerprint density at radius 3 is 2.21 bits per heavy atom. The van der Waals surface area contributed by atoms with Crippen molar-refractivity contribution in [2.75, 3.05) is 0 Å². The summed E-state index contributed by atoms with van der Waals surface area (Å²) in [6.45, 7) is 0. The largest absolute Gasteiger partial charge is 0.463 e. The van der Waals surface area contributed by atoms with Crippen molar-refractivity contribution >= 4 is 10.9 Å². The summed E-state index contributed by atoms with van der Waals surface area (Å²) in [6, 6.07) is 7.17. The van der Waals surface area contributed by atoms with Gasteiger partial charge in [-0.2, -0.15) is 0 Å². The van der Waals surface area contributed by atoms with Crippen LogP contribution in [0.3, 0.4) is 0 Å². The lowest BCUT2D eigenvalue weighted by atomic mass is 10.2. The monoisotopic (exact) mass is 253 g/mol. The predicted octanol–water partition coefficient (Wildman–Crippen LogP) is 3.14. The number of rotatable bonds is 2. The maximum atomic E-state index is 5.33. The van der Waals surface area contributed by atoms with Gasteiger partial charge in [-0.1, -0.05) is 5.16 Å². The van der Waals surface area contributed by atoms with Crippen molar-refractivity contribution < 1.29 is 13.4 Å². The Hall–Kier alpha value is -2.89. The standard InChI is InChI=1S/C13H7N3O3/c1-3-9(17-5-1)11-8-7-19-16-12(8)13(15-14-11)10-4-2-6-18-10/h1-7H. The zero-order valence-corrected chi connectivity index (χ0v) is 9.61. The number of furan rings is 2. The van der Waals surface area contributed by atoms with Gasteiger partial charge in [0, 0.05) is 0 Å². The SMILES string of the molecule is c1coc(-c2nnc(-c3ccco3)c3nocc23)c1. The molecule has 0 fully saturated rings. The van der Waals surface area contributed by atoms with Crippen molar-refractivity contribution in [2.45, 2.75) is 0 Å². The van der Waals surface area contributed by atoms with E-state index in [0.29, 0.717) is 28.4 Å². The molecule has 0 spiro atoms. The van der Waals surface area contributed by atoms with E-state index in [9.17, 15) is 0 Å². The van der Waals surface area contributed by atoms with Crippen molar-refractivity contribution in [3.8, 4) is 22.9 Å². The number of hydrogen-bond donors (Lipinski definition) is 0. The van der Waals surface area contributed by atoms with Crippen LogP contribution < -0.4 is 0 Å². The highest BCUT2D eigenvalue weighted by molar-refractivity contribution is 5.96. The van der Waals surface area contributed by atoms with Crippen molar-refractivity contribution in [1.29, 1.82) is 0 Å². The molecular weight excluding hydrogens is 246 g/mol. The molecule has 0 bridgehead atoms. The summed E-state index contributed by atoms with van der Waals surface area (Å²) in [5.41, 5.74) is 1.73. The van der Waals surface area contributed by atoms with E-state index in [4.69, 9.17) is 13.4 Å². The highest BCUT2D eigenvalue weighted by atomic mass is 16.5. The summed E-state index contributed by atoms with van der Waals surface area (Å²) in [4.78, 5) is 0. The lowest BCUT2D eigenvalue weighted by Gasteiger charge is -1.99. The molecule has 92 valence electrons. The first-order valence-corrected chi connectivity index (χ1v) is 5.62. The molecule has 0 aliphatic rings. The Morgan fingerprint density at radius 2 is 1.53 bits per heavy atom. The molecule has 6 heteroatoms. The minimum absolute atomic E-state index is 0.545. The zero-order valence-electron chi connectivity index (χ0n) is 9.61. The predicted molar refractivity (Wildman–Crippen MR) is 65.0 cm³/mol. The van der Waals surface area contributed by atoms with E-state index in [2.05, 4.69) is 15.4 Å². The Balaban J connectivity index is 2.01. The molecule has 4 aromatic heterocycles. The fraction of sp³-hybridized carbons (Fsp3) is 0. The Labute approximate surface area is 106 Å². The first-order chi connectivity index (χ1) is 9.43. The fourth-order valence-electron chi connectivity index (χ4n) is 1.95. The first-order valence-electron chi connectivity index (χ1n) is 5.62. The average molecular weight is 253 g/mol.